The second-order valence-corrected chi connectivity index (χ2v) is 8.68. The third-order valence-corrected chi connectivity index (χ3v) is 6.96. The van der Waals surface area contributed by atoms with Crippen molar-refractivity contribution in [2.45, 2.75) is 23.8 Å². The molecule has 0 spiro atoms. The number of halogens is 1. The topological polar surface area (TPSA) is 97.2 Å². The molecule has 0 saturated carbocycles. The van der Waals surface area contributed by atoms with Crippen molar-refractivity contribution in [2.24, 2.45) is 0 Å². The molecule has 0 saturated heterocycles. The average Bonchev–Trinajstić information content (AvgIpc) is 3.03. The van der Waals surface area contributed by atoms with Crippen LogP contribution in [0.3, 0.4) is 0 Å². The van der Waals surface area contributed by atoms with E-state index in [9.17, 15) is 13.2 Å². The molecule has 26 heavy (non-hydrogen) atoms. The van der Waals surface area contributed by atoms with Gasteiger partial charge in [-0.05, 0) is 65.2 Å². The Labute approximate surface area is 156 Å². The molecule has 0 aliphatic heterocycles. The molecule has 0 bridgehead atoms. The lowest BCUT2D eigenvalue weighted by molar-refractivity contribution is 0.592. The average molecular weight is 433 g/mol. The third kappa shape index (κ3) is 2.38. The number of H-pyrrole nitrogens is 1. The highest BCUT2D eigenvalue weighted by atomic mass is 79.9. The van der Waals surface area contributed by atoms with Crippen LogP contribution in [0.25, 0.3) is 16.6 Å². The second-order valence-electron chi connectivity index (χ2n) is 6.00. The van der Waals surface area contributed by atoms with Gasteiger partial charge in [-0.1, -0.05) is 17.3 Å². The minimum atomic E-state index is -3.99. The van der Waals surface area contributed by atoms with Crippen molar-refractivity contribution in [2.75, 3.05) is 0 Å². The fourth-order valence-corrected chi connectivity index (χ4v) is 5.30. The lowest BCUT2D eigenvalue weighted by Gasteiger charge is -2.08. The van der Waals surface area contributed by atoms with Crippen molar-refractivity contribution in [1.29, 1.82) is 0 Å². The lowest BCUT2D eigenvalue weighted by atomic mass is 10.1. The van der Waals surface area contributed by atoms with E-state index in [-0.39, 0.29) is 15.6 Å². The van der Waals surface area contributed by atoms with Crippen LogP contribution in [-0.2, 0) is 9.84 Å². The van der Waals surface area contributed by atoms with Crippen molar-refractivity contribution < 1.29 is 8.42 Å². The van der Waals surface area contributed by atoms with E-state index < -0.39 is 15.4 Å². The molecule has 0 aliphatic carbocycles. The van der Waals surface area contributed by atoms with Crippen LogP contribution >= 0.6 is 15.9 Å². The highest BCUT2D eigenvalue weighted by Crippen LogP contribution is 2.31. The highest BCUT2D eigenvalue weighted by molar-refractivity contribution is 9.10. The Morgan fingerprint density at radius 1 is 1.12 bits per heavy atom. The van der Waals surface area contributed by atoms with Crippen LogP contribution in [0.2, 0.25) is 0 Å². The molecule has 2 heterocycles. The Bertz CT molecular complexity index is 1360. The maximum absolute atomic E-state index is 13.2. The monoisotopic (exact) mass is 432 g/mol. The predicted octanol–water partition coefficient (Wildman–Crippen LogP) is 2.78. The zero-order chi connectivity index (χ0) is 18.6. The van der Waals surface area contributed by atoms with Crippen molar-refractivity contribution in [1.82, 2.24) is 19.8 Å². The number of nitrogens with zero attached hydrogens (tertiary/aromatic N) is 3. The molecule has 2 aromatic heterocycles. The Hall–Kier alpha value is -2.52. The second kappa shape index (κ2) is 5.75. The number of hydrogen-bond acceptors (Lipinski definition) is 5. The maximum atomic E-state index is 13.2. The highest BCUT2D eigenvalue weighted by Gasteiger charge is 2.28. The van der Waals surface area contributed by atoms with Gasteiger partial charge < -0.3 is 4.98 Å². The van der Waals surface area contributed by atoms with Crippen molar-refractivity contribution in [3.05, 3.63) is 62.4 Å². The number of fused-ring (bicyclic) bond motifs is 3. The van der Waals surface area contributed by atoms with Gasteiger partial charge in [-0.25, -0.2) is 8.42 Å². The smallest absolute Gasteiger partial charge is 0.259 e. The predicted molar refractivity (Wildman–Crippen MR) is 100 cm³/mol. The number of aromatic nitrogens is 4. The summed E-state index contributed by atoms with van der Waals surface area (Å²) in [7, 11) is -3.99. The van der Waals surface area contributed by atoms with E-state index in [2.05, 4.69) is 31.2 Å². The van der Waals surface area contributed by atoms with Gasteiger partial charge in [0.1, 0.15) is 0 Å². The van der Waals surface area contributed by atoms with E-state index >= 15 is 0 Å². The summed E-state index contributed by atoms with van der Waals surface area (Å²) in [4.78, 5) is 15.0. The molecule has 0 aliphatic rings. The van der Waals surface area contributed by atoms with Gasteiger partial charge in [0.15, 0.2) is 5.65 Å². The molecular weight excluding hydrogens is 420 g/mol. The van der Waals surface area contributed by atoms with Gasteiger partial charge in [-0.2, -0.15) is 4.52 Å². The summed E-state index contributed by atoms with van der Waals surface area (Å²) in [6.45, 7) is 3.73. The molecule has 7 nitrogen and oxygen atoms in total. The number of hydrogen-bond donors (Lipinski definition) is 1. The van der Waals surface area contributed by atoms with Crippen molar-refractivity contribution in [3.63, 3.8) is 0 Å². The van der Waals surface area contributed by atoms with Gasteiger partial charge in [0.05, 0.1) is 15.8 Å². The van der Waals surface area contributed by atoms with Gasteiger partial charge in [0.2, 0.25) is 14.9 Å². The molecule has 4 rings (SSSR count). The molecule has 9 heteroatoms. The molecule has 1 N–H and O–H groups in total. The molecule has 0 atom stereocenters. The quantitative estimate of drug-likeness (QED) is 0.525. The van der Waals surface area contributed by atoms with Crippen LogP contribution in [0.15, 0.2) is 55.6 Å². The van der Waals surface area contributed by atoms with E-state index in [0.29, 0.717) is 15.4 Å². The van der Waals surface area contributed by atoms with Crippen LogP contribution in [0.5, 0.6) is 0 Å². The van der Waals surface area contributed by atoms with Crippen LogP contribution in [0, 0.1) is 13.8 Å². The maximum Gasteiger partial charge on any atom is 0.259 e. The Kier molecular flexibility index (Phi) is 3.74. The van der Waals surface area contributed by atoms with E-state index in [1.807, 2.05) is 13.8 Å². The fourth-order valence-electron chi connectivity index (χ4n) is 2.81. The van der Waals surface area contributed by atoms with E-state index in [1.54, 1.807) is 36.4 Å². The van der Waals surface area contributed by atoms with E-state index in [1.165, 1.54) is 4.52 Å². The SMILES string of the molecule is Cc1cc(Br)c(S(=O)(=O)c2nnn3c2[nH]c(=O)c2ccccc23)cc1C. The lowest BCUT2D eigenvalue weighted by Crippen LogP contribution is -2.12. The minimum Gasteiger partial charge on any atom is -0.304 e. The fraction of sp³-hybridized carbons (Fsp3) is 0.118. The van der Waals surface area contributed by atoms with Gasteiger partial charge in [-0.3, -0.25) is 4.79 Å². The van der Waals surface area contributed by atoms with Crippen LogP contribution in [0.4, 0.5) is 0 Å². The number of para-hydroxylation sites is 1. The van der Waals surface area contributed by atoms with Gasteiger partial charge in [0, 0.05) is 4.47 Å². The molecule has 0 unspecified atom stereocenters. The normalized spacial score (nSPS) is 12.1. The molecular formula is C17H13BrN4O3S. The number of sulfone groups is 1. The van der Waals surface area contributed by atoms with Crippen molar-refractivity contribution >= 4 is 42.3 Å². The molecule has 2 aromatic carbocycles. The summed E-state index contributed by atoms with van der Waals surface area (Å²) in [6.07, 6.45) is 0. The zero-order valence-electron chi connectivity index (χ0n) is 13.8. The van der Waals surface area contributed by atoms with E-state index in [4.69, 9.17) is 0 Å². The zero-order valence-corrected chi connectivity index (χ0v) is 16.2. The molecule has 4 aromatic rings. The molecule has 0 amide bonds. The summed E-state index contributed by atoms with van der Waals surface area (Å²) in [5.41, 5.74) is 1.93. The Morgan fingerprint density at radius 3 is 2.58 bits per heavy atom. The summed E-state index contributed by atoms with van der Waals surface area (Å²) < 4.78 is 28.1. The molecule has 0 radical (unpaired) electrons. The first-order valence-electron chi connectivity index (χ1n) is 7.69. The number of aryl methyl sites for hydroxylation is 2. The van der Waals surface area contributed by atoms with Gasteiger partial charge in [0.25, 0.3) is 5.56 Å². The first-order valence-corrected chi connectivity index (χ1v) is 9.96. The summed E-state index contributed by atoms with van der Waals surface area (Å²) in [5.74, 6) is 0. The first-order chi connectivity index (χ1) is 12.3. The summed E-state index contributed by atoms with van der Waals surface area (Å²) in [6, 6.07) is 10.1. The first kappa shape index (κ1) is 16.9. The standard InChI is InChI=1S/C17H13BrN4O3S/c1-9-7-12(18)14(8-10(9)2)26(24,25)17-15-19-16(23)11-5-3-4-6-13(11)22(15)21-20-17/h3-8H,1-2H3,(H,19,23). The number of nitrogens with one attached hydrogen (secondary N) is 1. The summed E-state index contributed by atoms with van der Waals surface area (Å²) >= 11 is 3.31. The van der Waals surface area contributed by atoms with Crippen LogP contribution in [0.1, 0.15) is 11.1 Å². The molecule has 0 fully saturated rings. The summed E-state index contributed by atoms with van der Waals surface area (Å²) in [5, 5.41) is 7.93. The number of rotatable bonds is 2. The van der Waals surface area contributed by atoms with Gasteiger partial charge >= 0.3 is 0 Å². The van der Waals surface area contributed by atoms with Crippen LogP contribution < -0.4 is 5.56 Å². The Morgan fingerprint density at radius 2 is 1.81 bits per heavy atom. The minimum absolute atomic E-state index is 0.0406. The van der Waals surface area contributed by atoms with E-state index in [0.717, 1.165) is 11.1 Å². The van der Waals surface area contributed by atoms with Crippen LogP contribution in [-0.4, -0.2) is 28.2 Å². The van der Waals surface area contributed by atoms with Gasteiger partial charge in [-0.15, -0.1) is 5.10 Å². The number of benzene rings is 2. The molecule has 132 valence electrons. The third-order valence-electron chi connectivity index (χ3n) is 4.34. The van der Waals surface area contributed by atoms with Crippen molar-refractivity contribution in [3.8, 4) is 0 Å². The Balaban J connectivity index is 2.06. The largest absolute Gasteiger partial charge is 0.304 e. The number of aromatic amines is 1.